The Bertz CT molecular complexity index is 393. The van der Waals surface area contributed by atoms with Gasteiger partial charge in [-0.15, -0.1) is 0 Å². The van der Waals surface area contributed by atoms with Gasteiger partial charge in [0.1, 0.15) is 0 Å². The summed E-state index contributed by atoms with van der Waals surface area (Å²) in [4.78, 5) is 2.52. The van der Waals surface area contributed by atoms with Crippen LogP contribution >= 0.6 is 0 Å². The minimum Gasteiger partial charge on any atom is -0.372 e. The quantitative estimate of drug-likeness (QED) is 0.789. The first-order chi connectivity index (χ1) is 10.2. The van der Waals surface area contributed by atoms with Gasteiger partial charge in [0, 0.05) is 31.4 Å². The lowest BCUT2D eigenvalue weighted by atomic mass is 10.0. The maximum absolute atomic E-state index is 3.65. The molecule has 1 fully saturated rings. The molecule has 0 aliphatic carbocycles. The van der Waals surface area contributed by atoms with Gasteiger partial charge < -0.3 is 10.2 Å². The fourth-order valence-corrected chi connectivity index (χ4v) is 3.12. The van der Waals surface area contributed by atoms with E-state index in [1.54, 1.807) is 0 Å². The number of nitrogens with zero attached hydrogens (tertiary/aromatic N) is 1. The Morgan fingerprint density at radius 2 is 1.71 bits per heavy atom. The lowest BCUT2D eigenvalue weighted by Gasteiger charge is -2.29. The number of piperidine rings is 1. The Balaban J connectivity index is 1.79. The number of benzene rings is 1. The highest BCUT2D eigenvalue weighted by Gasteiger charge is 2.11. The van der Waals surface area contributed by atoms with Crippen LogP contribution < -0.4 is 10.2 Å². The summed E-state index contributed by atoms with van der Waals surface area (Å²) in [5.41, 5.74) is 2.79. The van der Waals surface area contributed by atoms with Gasteiger partial charge in [-0.05, 0) is 56.2 Å². The molecule has 2 nitrogen and oxygen atoms in total. The Hall–Kier alpha value is -1.02. The van der Waals surface area contributed by atoms with Crippen molar-refractivity contribution >= 4 is 5.69 Å². The summed E-state index contributed by atoms with van der Waals surface area (Å²) < 4.78 is 0. The zero-order valence-corrected chi connectivity index (χ0v) is 14.1. The third-order valence-electron chi connectivity index (χ3n) is 4.77. The first-order valence-electron chi connectivity index (χ1n) is 8.76. The van der Waals surface area contributed by atoms with Crippen LogP contribution in [0, 0.1) is 5.92 Å². The van der Waals surface area contributed by atoms with Crippen LogP contribution in [0.15, 0.2) is 24.3 Å². The molecule has 1 aliphatic rings. The number of hydrogen-bond acceptors (Lipinski definition) is 2. The molecule has 0 saturated carbocycles. The Morgan fingerprint density at radius 1 is 1.05 bits per heavy atom. The zero-order valence-electron chi connectivity index (χ0n) is 14.1. The Kier molecular flexibility index (Phi) is 6.56. The summed E-state index contributed by atoms with van der Waals surface area (Å²) in [7, 11) is 0. The van der Waals surface area contributed by atoms with E-state index >= 15 is 0 Å². The molecule has 1 aromatic rings. The van der Waals surface area contributed by atoms with Gasteiger partial charge in [0.2, 0.25) is 0 Å². The Labute approximate surface area is 130 Å². The average Bonchev–Trinajstić information content (AvgIpc) is 2.54. The molecule has 0 spiro atoms. The summed E-state index contributed by atoms with van der Waals surface area (Å²) in [6, 6.07) is 9.75. The normalized spacial score (nSPS) is 18.5. The predicted octanol–water partition coefficient (Wildman–Crippen LogP) is 4.59. The molecule has 1 aromatic carbocycles. The standard InChI is InChI=1S/C19H32N2/c1-4-16(2)14-17(3)20-15-18-8-10-19(11-9-18)21-12-6-5-7-13-21/h8-11,16-17,20H,4-7,12-15H2,1-3H3. The fraction of sp³-hybridized carbons (Fsp3) is 0.684. The second-order valence-corrected chi connectivity index (χ2v) is 6.75. The third kappa shape index (κ3) is 5.35. The van der Waals surface area contributed by atoms with Gasteiger partial charge in [0.15, 0.2) is 0 Å². The van der Waals surface area contributed by atoms with Gasteiger partial charge in [-0.25, -0.2) is 0 Å². The second kappa shape index (κ2) is 8.43. The number of nitrogens with one attached hydrogen (secondary N) is 1. The zero-order chi connectivity index (χ0) is 15.1. The summed E-state index contributed by atoms with van der Waals surface area (Å²) in [5.74, 6) is 0.814. The molecule has 0 radical (unpaired) electrons. The highest BCUT2D eigenvalue weighted by Crippen LogP contribution is 2.20. The lowest BCUT2D eigenvalue weighted by Crippen LogP contribution is -2.29. The van der Waals surface area contributed by atoms with Gasteiger partial charge in [-0.1, -0.05) is 32.4 Å². The molecule has 1 N–H and O–H groups in total. The first-order valence-corrected chi connectivity index (χ1v) is 8.76. The molecule has 21 heavy (non-hydrogen) atoms. The largest absolute Gasteiger partial charge is 0.372 e. The van der Waals surface area contributed by atoms with Gasteiger partial charge >= 0.3 is 0 Å². The molecule has 0 aromatic heterocycles. The maximum Gasteiger partial charge on any atom is 0.0366 e. The van der Waals surface area contributed by atoms with E-state index in [1.807, 2.05) is 0 Å². The minimum absolute atomic E-state index is 0.599. The molecule has 2 rings (SSSR count). The summed E-state index contributed by atoms with van der Waals surface area (Å²) in [6.45, 7) is 10.3. The van der Waals surface area contributed by atoms with Crippen molar-refractivity contribution in [3.63, 3.8) is 0 Å². The molecular formula is C19H32N2. The Morgan fingerprint density at radius 3 is 2.33 bits per heavy atom. The van der Waals surface area contributed by atoms with Crippen molar-refractivity contribution in [2.75, 3.05) is 18.0 Å². The molecule has 0 bridgehead atoms. The van der Waals surface area contributed by atoms with Gasteiger partial charge in [-0.2, -0.15) is 0 Å². The van der Waals surface area contributed by atoms with Crippen LogP contribution in [0.25, 0.3) is 0 Å². The molecule has 2 atom stereocenters. The molecule has 2 unspecified atom stereocenters. The van der Waals surface area contributed by atoms with E-state index in [2.05, 4.69) is 55.3 Å². The first kappa shape index (κ1) is 16.4. The van der Waals surface area contributed by atoms with Crippen LogP contribution in [0.1, 0.15) is 58.4 Å². The summed E-state index contributed by atoms with van der Waals surface area (Å²) >= 11 is 0. The van der Waals surface area contributed by atoms with Crippen LogP contribution in [0.3, 0.4) is 0 Å². The van der Waals surface area contributed by atoms with Crippen molar-refractivity contribution in [1.82, 2.24) is 5.32 Å². The van der Waals surface area contributed by atoms with Gasteiger partial charge in [0.25, 0.3) is 0 Å². The minimum atomic E-state index is 0.599. The van der Waals surface area contributed by atoms with Crippen LogP contribution in [0.4, 0.5) is 5.69 Å². The smallest absolute Gasteiger partial charge is 0.0366 e. The van der Waals surface area contributed by atoms with Crippen LogP contribution in [-0.4, -0.2) is 19.1 Å². The van der Waals surface area contributed by atoms with E-state index in [9.17, 15) is 0 Å². The van der Waals surface area contributed by atoms with Crippen molar-refractivity contribution in [1.29, 1.82) is 0 Å². The second-order valence-electron chi connectivity index (χ2n) is 6.75. The molecule has 118 valence electrons. The van der Waals surface area contributed by atoms with Gasteiger partial charge in [-0.3, -0.25) is 0 Å². The molecule has 0 amide bonds. The van der Waals surface area contributed by atoms with Gasteiger partial charge in [0.05, 0.1) is 0 Å². The van der Waals surface area contributed by atoms with Crippen molar-refractivity contribution in [3.05, 3.63) is 29.8 Å². The highest BCUT2D eigenvalue weighted by atomic mass is 15.1. The lowest BCUT2D eigenvalue weighted by molar-refractivity contribution is 0.412. The van der Waals surface area contributed by atoms with Crippen LogP contribution in [-0.2, 0) is 6.54 Å². The van der Waals surface area contributed by atoms with E-state index in [4.69, 9.17) is 0 Å². The fourth-order valence-electron chi connectivity index (χ4n) is 3.12. The van der Waals surface area contributed by atoms with Crippen molar-refractivity contribution in [2.45, 2.75) is 65.5 Å². The van der Waals surface area contributed by atoms with Crippen LogP contribution in [0.5, 0.6) is 0 Å². The molecule has 2 heteroatoms. The average molecular weight is 288 g/mol. The topological polar surface area (TPSA) is 15.3 Å². The van der Waals surface area contributed by atoms with Crippen LogP contribution in [0.2, 0.25) is 0 Å². The van der Waals surface area contributed by atoms with Crippen molar-refractivity contribution in [3.8, 4) is 0 Å². The monoisotopic (exact) mass is 288 g/mol. The number of rotatable bonds is 7. The number of hydrogen-bond donors (Lipinski definition) is 1. The molecular weight excluding hydrogens is 256 g/mol. The molecule has 1 aliphatic heterocycles. The van der Waals surface area contributed by atoms with E-state index in [0.717, 1.165) is 12.5 Å². The summed E-state index contributed by atoms with van der Waals surface area (Å²) in [6.07, 6.45) is 6.62. The summed E-state index contributed by atoms with van der Waals surface area (Å²) in [5, 5.41) is 3.65. The van der Waals surface area contributed by atoms with Crippen molar-refractivity contribution in [2.24, 2.45) is 5.92 Å². The maximum atomic E-state index is 3.65. The van der Waals surface area contributed by atoms with E-state index in [1.165, 1.54) is 56.4 Å². The molecule has 1 saturated heterocycles. The SMILES string of the molecule is CCC(C)CC(C)NCc1ccc(N2CCCCC2)cc1. The van der Waals surface area contributed by atoms with E-state index < -0.39 is 0 Å². The predicted molar refractivity (Wildman–Crippen MR) is 92.9 cm³/mol. The number of anilines is 1. The third-order valence-corrected chi connectivity index (χ3v) is 4.77. The highest BCUT2D eigenvalue weighted by molar-refractivity contribution is 5.47. The van der Waals surface area contributed by atoms with Crippen molar-refractivity contribution < 1.29 is 0 Å². The van der Waals surface area contributed by atoms with E-state index in [0.29, 0.717) is 6.04 Å². The molecule has 1 heterocycles. The van der Waals surface area contributed by atoms with E-state index in [-0.39, 0.29) is 0 Å².